The van der Waals surface area contributed by atoms with Crippen LogP contribution in [0.3, 0.4) is 0 Å². The predicted molar refractivity (Wildman–Crippen MR) is 73.5 cm³/mol. The van der Waals surface area contributed by atoms with Crippen LogP contribution in [0.15, 0.2) is 0 Å². The molecule has 0 bridgehead atoms. The molecule has 0 aliphatic carbocycles. The molecular formula is C14H30N2O. The molecule has 1 saturated heterocycles. The average Bonchev–Trinajstić information content (AvgIpc) is 2.26. The van der Waals surface area contributed by atoms with Crippen LogP contribution in [-0.2, 0) is 4.74 Å². The molecular weight excluding hydrogens is 212 g/mol. The minimum Gasteiger partial charge on any atom is -0.375 e. The third-order valence-electron chi connectivity index (χ3n) is 3.20. The van der Waals surface area contributed by atoms with Gasteiger partial charge in [0, 0.05) is 12.6 Å². The average molecular weight is 242 g/mol. The molecule has 0 radical (unpaired) electrons. The van der Waals surface area contributed by atoms with Gasteiger partial charge in [0.15, 0.2) is 0 Å². The lowest BCUT2D eigenvalue weighted by Gasteiger charge is -2.32. The lowest BCUT2D eigenvalue weighted by Crippen LogP contribution is -2.43. The van der Waals surface area contributed by atoms with Crippen molar-refractivity contribution in [3.8, 4) is 0 Å². The molecule has 0 aromatic carbocycles. The molecule has 17 heavy (non-hydrogen) atoms. The van der Waals surface area contributed by atoms with Crippen molar-refractivity contribution in [2.24, 2.45) is 0 Å². The van der Waals surface area contributed by atoms with Crippen molar-refractivity contribution in [1.82, 2.24) is 10.2 Å². The molecule has 0 saturated carbocycles. The number of nitrogens with one attached hydrogen (secondary N) is 1. The number of rotatable bonds is 6. The summed E-state index contributed by atoms with van der Waals surface area (Å²) in [5.41, 5.74) is -0.00777. The summed E-state index contributed by atoms with van der Waals surface area (Å²) in [4.78, 5) is 2.57. The van der Waals surface area contributed by atoms with Gasteiger partial charge < -0.3 is 15.0 Å². The number of likely N-dealkylation sites (tertiary alicyclic amines) is 1. The van der Waals surface area contributed by atoms with Crippen LogP contribution in [0.5, 0.6) is 0 Å². The van der Waals surface area contributed by atoms with Crippen LogP contribution in [-0.4, -0.2) is 49.3 Å². The fourth-order valence-corrected chi connectivity index (χ4v) is 2.30. The van der Waals surface area contributed by atoms with Crippen molar-refractivity contribution in [3.05, 3.63) is 0 Å². The Kier molecular flexibility index (Phi) is 6.45. The topological polar surface area (TPSA) is 24.5 Å². The van der Waals surface area contributed by atoms with E-state index < -0.39 is 0 Å². The van der Waals surface area contributed by atoms with E-state index in [2.05, 4.69) is 37.9 Å². The van der Waals surface area contributed by atoms with E-state index in [1.165, 1.54) is 38.9 Å². The van der Waals surface area contributed by atoms with Crippen LogP contribution in [0.2, 0.25) is 0 Å². The van der Waals surface area contributed by atoms with E-state index in [1.54, 1.807) is 0 Å². The second-order valence-corrected chi connectivity index (χ2v) is 6.03. The highest BCUT2D eigenvalue weighted by Gasteiger charge is 2.18. The van der Waals surface area contributed by atoms with E-state index in [4.69, 9.17) is 4.74 Å². The third kappa shape index (κ3) is 7.02. The SMILES string of the molecule is CCCN1CCC(NCCOC(C)(C)C)CC1. The zero-order valence-electron chi connectivity index (χ0n) is 12.1. The van der Waals surface area contributed by atoms with E-state index in [1.807, 2.05) is 0 Å². The maximum absolute atomic E-state index is 5.71. The fraction of sp³-hybridized carbons (Fsp3) is 1.00. The van der Waals surface area contributed by atoms with Crippen LogP contribution in [0.4, 0.5) is 0 Å². The van der Waals surface area contributed by atoms with Crippen molar-refractivity contribution < 1.29 is 4.74 Å². The van der Waals surface area contributed by atoms with Gasteiger partial charge in [0.1, 0.15) is 0 Å². The Morgan fingerprint density at radius 2 is 1.88 bits per heavy atom. The van der Waals surface area contributed by atoms with E-state index >= 15 is 0 Å². The van der Waals surface area contributed by atoms with Crippen molar-refractivity contribution in [3.63, 3.8) is 0 Å². The summed E-state index contributed by atoms with van der Waals surface area (Å²) in [7, 11) is 0. The molecule has 1 aliphatic rings. The number of piperidine rings is 1. The molecule has 0 aromatic heterocycles. The Morgan fingerprint density at radius 1 is 1.24 bits per heavy atom. The first-order valence-electron chi connectivity index (χ1n) is 7.11. The molecule has 3 heteroatoms. The molecule has 0 unspecified atom stereocenters. The first kappa shape index (κ1) is 14.9. The largest absolute Gasteiger partial charge is 0.375 e. The summed E-state index contributed by atoms with van der Waals surface area (Å²) in [6, 6.07) is 0.701. The molecule has 1 aliphatic heterocycles. The van der Waals surface area contributed by atoms with Crippen LogP contribution in [0.25, 0.3) is 0 Å². The van der Waals surface area contributed by atoms with E-state index in [0.717, 1.165) is 13.2 Å². The van der Waals surface area contributed by atoms with Crippen molar-refractivity contribution >= 4 is 0 Å². The smallest absolute Gasteiger partial charge is 0.0599 e. The molecule has 0 spiro atoms. The Balaban J connectivity index is 2.02. The maximum Gasteiger partial charge on any atom is 0.0599 e. The van der Waals surface area contributed by atoms with Crippen molar-refractivity contribution in [2.45, 2.75) is 58.6 Å². The van der Waals surface area contributed by atoms with Gasteiger partial charge in [-0.25, -0.2) is 0 Å². The summed E-state index contributed by atoms with van der Waals surface area (Å²) < 4.78 is 5.71. The standard InChI is InChI=1S/C14H30N2O/c1-5-9-16-10-6-13(7-11-16)15-8-12-17-14(2,3)4/h13,15H,5-12H2,1-4H3. The monoisotopic (exact) mass is 242 g/mol. The summed E-state index contributed by atoms with van der Waals surface area (Å²) in [6.07, 6.45) is 3.85. The van der Waals surface area contributed by atoms with Gasteiger partial charge in [-0.3, -0.25) is 0 Å². The Bertz CT molecular complexity index is 193. The van der Waals surface area contributed by atoms with Crippen molar-refractivity contribution in [2.75, 3.05) is 32.8 Å². The van der Waals surface area contributed by atoms with E-state index in [0.29, 0.717) is 6.04 Å². The molecule has 102 valence electrons. The highest BCUT2D eigenvalue weighted by molar-refractivity contribution is 4.76. The lowest BCUT2D eigenvalue weighted by atomic mass is 10.1. The number of ether oxygens (including phenoxy) is 1. The van der Waals surface area contributed by atoms with Gasteiger partial charge in [-0.05, 0) is 59.7 Å². The molecule has 0 atom stereocenters. The first-order valence-corrected chi connectivity index (χ1v) is 7.11. The number of nitrogens with zero attached hydrogens (tertiary/aromatic N) is 1. The zero-order chi connectivity index (χ0) is 12.7. The molecule has 1 heterocycles. The molecule has 1 fully saturated rings. The Morgan fingerprint density at radius 3 is 2.41 bits per heavy atom. The van der Waals surface area contributed by atoms with Gasteiger partial charge >= 0.3 is 0 Å². The van der Waals surface area contributed by atoms with Gasteiger partial charge in [-0.1, -0.05) is 6.92 Å². The second kappa shape index (κ2) is 7.34. The molecule has 3 nitrogen and oxygen atoms in total. The lowest BCUT2D eigenvalue weighted by molar-refractivity contribution is -0.00229. The van der Waals surface area contributed by atoms with Crippen molar-refractivity contribution in [1.29, 1.82) is 0 Å². The fourth-order valence-electron chi connectivity index (χ4n) is 2.30. The van der Waals surface area contributed by atoms with Crippen LogP contribution in [0.1, 0.15) is 47.0 Å². The highest BCUT2D eigenvalue weighted by atomic mass is 16.5. The summed E-state index contributed by atoms with van der Waals surface area (Å²) in [5.74, 6) is 0. The zero-order valence-corrected chi connectivity index (χ0v) is 12.1. The minimum atomic E-state index is -0.00777. The van der Waals surface area contributed by atoms with Crippen LogP contribution >= 0.6 is 0 Å². The van der Waals surface area contributed by atoms with Gasteiger partial charge in [0.2, 0.25) is 0 Å². The van der Waals surface area contributed by atoms with E-state index in [-0.39, 0.29) is 5.60 Å². The third-order valence-corrected chi connectivity index (χ3v) is 3.20. The first-order chi connectivity index (χ1) is 8.01. The minimum absolute atomic E-state index is 0.00777. The molecule has 1 rings (SSSR count). The molecule has 0 aromatic rings. The summed E-state index contributed by atoms with van der Waals surface area (Å²) in [6.45, 7) is 14.2. The quantitative estimate of drug-likeness (QED) is 0.723. The Labute approximate surface area is 107 Å². The maximum atomic E-state index is 5.71. The van der Waals surface area contributed by atoms with Crippen LogP contribution in [0, 0.1) is 0 Å². The van der Waals surface area contributed by atoms with Gasteiger partial charge in [0.25, 0.3) is 0 Å². The highest BCUT2D eigenvalue weighted by Crippen LogP contribution is 2.10. The number of hydrogen-bond acceptors (Lipinski definition) is 3. The van der Waals surface area contributed by atoms with Gasteiger partial charge in [-0.15, -0.1) is 0 Å². The predicted octanol–water partition coefficient (Wildman–Crippen LogP) is 2.27. The Hall–Kier alpha value is -0.120. The number of hydrogen-bond donors (Lipinski definition) is 1. The van der Waals surface area contributed by atoms with Crippen LogP contribution < -0.4 is 5.32 Å². The molecule has 1 N–H and O–H groups in total. The summed E-state index contributed by atoms with van der Waals surface area (Å²) >= 11 is 0. The summed E-state index contributed by atoms with van der Waals surface area (Å²) in [5, 5.41) is 3.61. The molecule has 0 amide bonds. The normalized spacial score (nSPS) is 19.8. The van der Waals surface area contributed by atoms with E-state index in [9.17, 15) is 0 Å². The second-order valence-electron chi connectivity index (χ2n) is 6.03. The van der Waals surface area contributed by atoms with Gasteiger partial charge in [-0.2, -0.15) is 0 Å². The van der Waals surface area contributed by atoms with Gasteiger partial charge in [0.05, 0.1) is 12.2 Å².